The fourth-order valence-corrected chi connectivity index (χ4v) is 7.03. The molecular formula is C28H25ClN4O4S2. The van der Waals surface area contributed by atoms with Crippen molar-refractivity contribution in [1.82, 2.24) is 19.2 Å². The molecule has 0 aliphatic carbocycles. The van der Waals surface area contributed by atoms with E-state index in [-0.39, 0.29) is 23.2 Å². The summed E-state index contributed by atoms with van der Waals surface area (Å²) in [6.45, 7) is 4.72. The van der Waals surface area contributed by atoms with Crippen molar-refractivity contribution in [3.8, 4) is 11.4 Å². The van der Waals surface area contributed by atoms with Crippen LogP contribution in [-0.4, -0.2) is 43.9 Å². The predicted molar refractivity (Wildman–Crippen MR) is 154 cm³/mol. The number of rotatable bonds is 7. The Kier molecular flexibility index (Phi) is 6.96. The Hall–Kier alpha value is -3.18. The number of thiophene rings is 1. The van der Waals surface area contributed by atoms with Crippen molar-refractivity contribution in [3.63, 3.8) is 0 Å². The highest BCUT2D eigenvalue weighted by Gasteiger charge is 2.30. The van der Waals surface area contributed by atoms with E-state index in [0.717, 1.165) is 15.3 Å². The molecule has 0 fully saturated rings. The number of Topliss-reactive ketones (excluding diaryl/α,β-unsaturated/α-hetero) is 1. The highest BCUT2D eigenvalue weighted by molar-refractivity contribution is 7.99. The summed E-state index contributed by atoms with van der Waals surface area (Å²) in [7, 11) is 1.60. The zero-order chi connectivity index (χ0) is 27.3. The third-order valence-corrected chi connectivity index (χ3v) is 9.29. The Morgan fingerprint density at radius 2 is 1.92 bits per heavy atom. The molecular weight excluding hydrogens is 556 g/mol. The fraction of sp³-hybridized carbons (Fsp3) is 0.286. The van der Waals surface area contributed by atoms with Crippen LogP contribution in [0.5, 0.6) is 5.75 Å². The zero-order valence-corrected chi connectivity index (χ0v) is 23.9. The van der Waals surface area contributed by atoms with Crippen molar-refractivity contribution < 1.29 is 14.3 Å². The predicted octanol–water partition coefficient (Wildman–Crippen LogP) is 5.83. The highest BCUT2D eigenvalue weighted by Crippen LogP contribution is 2.37. The number of ether oxygens (including phenoxy) is 2. The van der Waals surface area contributed by atoms with Gasteiger partial charge in [-0.1, -0.05) is 37.2 Å². The van der Waals surface area contributed by atoms with Gasteiger partial charge in [-0.3, -0.25) is 9.59 Å². The number of hydrogen-bond donors (Lipinski definition) is 0. The molecule has 1 unspecified atom stereocenters. The second-order valence-corrected chi connectivity index (χ2v) is 12.1. The Labute approximate surface area is 237 Å². The molecule has 0 spiro atoms. The fourth-order valence-electron chi connectivity index (χ4n) is 4.77. The molecule has 0 N–H and O–H groups in total. The average molecular weight is 581 g/mol. The average Bonchev–Trinajstić information content (AvgIpc) is 3.53. The summed E-state index contributed by atoms with van der Waals surface area (Å²) in [5, 5.41) is 10.6. The first-order chi connectivity index (χ1) is 18.9. The first kappa shape index (κ1) is 26.1. The monoisotopic (exact) mass is 580 g/mol. The van der Waals surface area contributed by atoms with Crippen LogP contribution in [0, 0.1) is 5.92 Å². The molecule has 6 rings (SSSR count). The van der Waals surface area contributed by atoms with E-state index >= 15 is 0 Å². The second-order valence-electron chi connectivity index (χ2n) is 9.66. The molecule has 0 saturated carbocycles. The van der Waals surface area contributed by atoms with E-state index in [1.807, 2.05) is 28.7 Å². The number of methoxy groups -OCH3 is 1. The van der Waals surface area contributed by atoms with Crippen LogP contribution in [0.4, 0.5) is 0 Å². The molecule has 1 atom stereocenters. The molecule has 200 valence electrons. The number of carbonyl (C=O) groups excluding carboxylic acids is 1. The molecule has 4 heterocycles. The van der Waals surface area contributed by atoms with E-state index in [9.17, 15) is 9.59 Å². The van der Waals surface area contributed by atoms with Crippen molar-refractivity contribution >= 4 is 56.5 Å². The van der Waals surface area contributed by atoms with Crippen molar-refractivity contribution in [2.75, 3.05) is 12.9 Å². The molecule has 0 bridgehead atoms. The van der Waals surface area contributed by atoms with E-state index in [2.05, 4.69) is 24.0 Å². The maximum absolute atomic E-state index is 14.1. The topological polar surface area (TPSA) is 87.7 Å². The molecule has 1 aliphatic rings. The van der Waals surface area contributed by atoms with Crippen LogP contribution in [-0.2, 0) is 17.8 Å². The van der Waals surface area contributed by atoms with Gasteiger partial charge in [-0.15, -0.1) is 21.5 Å². The summed E-state index contributed by atoms with van der Waals surface area (Å²) in [5.41, 5.74) is 2.10. The van der Waals surface area contributed by atoms with E-state index < -0.39 is 0 Å². The molecule has 11 heteroatoms. The standard InChI is InChI=1S/C28H25ClN4O4S2/c1-15(2)22-12-20-23(13-37-22)39-26-24(20)25(35)32(18-8-10-19(36-3)11-9-18)27-30-31-28(33(26)27)38-14-21(34)16-4-6-17(29)7-5-16/h4-11,15,22H,12-14H2,1-3H3. The van der Waals surface area contributed by atoms with Gasteiger partial charge in [0.15, 0.2) is 10.9 Å². The lowest BCUT2D eigenvalue weighted by molar-refractivity contribution is 0.00200. The number of nitrogens with zero attached hydrogens (tertiary/aromatic N) is 4. The van der Waals surface area contributed by atoms with Gasteiger partial charge in [0.1, 0.15) is 10.6 Å². The summed E-state index contributed by atoms with van der Waals surface area (Å²) >= 11 is 8.80. The van der Waals surface area contributed by atoms with Gasteiger partial charge in [0, 0.05) is 21.9 Å². The summed E-state index contributed by atoms with van der Waals surface area (Å²) in [6, 6.07) is 14.1. The highest BCUT2D eigenvalue weighted by atomic mass is 35.5. The normalized spacial score (nSPS) is 15.3. The van der Waals surface area contributed by atoms with Crippen molar-refractivity contribution in [2.45, 2.75) is 38.1 Å². The molecule has 39 heavy (non-hydrogen) atoms. The number of aromatic nitrogens is 4. The van der Waals surface area contributed by atoms with Gasteiger partial charge >= 0.3 is 0 Å². The van der Waals surface area contributed by atoms with Crippen LogP contribution in [0.3, 0.4) is 0 Å². The van der Waals surface area contributed by atoms with Gasteiger partial charge in [-0.05, 0) is 60.0 Å². The minimum Gasteiger partial charge on any atom is -0.497 e. The zero-order valence-electron chi connectivity index (χ0n) is 21.5. The minimum absolute atomic E-state index is 0.0339. The van der Waals surface area contributed by atoms with Crippen molar-refractivity contribution in [3.05, 3.63) is 79.9 Å². The lowest BCUT2D eigenvalue weighted by Gasteiger charge is -2.26. The van der Waals surface area contributed by atoms with Crippen LogP contribution in [0.15, 0.2) is 58.5 Å². The summed E-state index contributed by atoms with van der Waals surface area (Å²) in [6.07, 6.45) is 0.697. The Bertz CT molecular complexity index is 1760. The summed E-state index contributed by atoms with van der Waals surface area (Å²) in [5.74, 6) is 1.51. The number of halogens is 1. The molecule has 0 radical (unpaired) electrons. The number of ketones is 1. The van der Waals surface area contributed by atoms with Crippen molar-refractivity contribution in [2.24, 2.45) is 5.92 Å². The second kappa shape index (κ2) is 10.4. The quantitative estimate of drug-likeness (QED) is 0.177. The van der Waals surface area contributed by atoms with E-state index in [1.165, 1.54) is 23.1 Å². The van der Waals surface area contributed by atoms with Crippen LogP contribution in [0.2, 0.25) is 5.02 Å². The maximum Gasteiger partial charge on any atom is 0.268 e. The molecule has 2 aromatic carbocycles. The number of fused-ring (bicyclic) bond motifs is 5. The van der Waals surface area contributed by atoms with E-state index in [1.54, 1.807) is 35.9 Å². The maximum atomic E-state index is 14.1. The number of carbonyl (C=O) groups is 1. The van der Waals surface area contributed by atoms with Crippen LogP contribution >= 0.6 is 34.7 Å². The van der Waals surface area contributed by atoms with Gasteiger partial charge < -0.3 is 9.47 Å². The third kappa shape index (κ3) is 4.65. The lowest BCUT2D eigenvalue weighted by Crippen LogP contribution is -2.28. The molecule has 5 aromatic rings. The largest absolute Gasteiger partial charge is 0.497 e. The van der Waals surface area contributed by atoms with Crippen LogP contribution in [0.1, 0.15) is 34.6 Å². The van der Waals surface area contributed by atoms with Gasteiger partial charge in [0.25, 0.3) is 5.56 Å². The molecule has 1 aliphatic heterocycles. The molecule has 0 saturated heterocycles. The molecule has 0 amide bonds. The Morgan fingerprint density at radius 1 is 1.18 bits per heavy atom. The van der Waals surface area contributed by atoms with Crippen LogP contribution in [0.25, 0.3) is 21.7 Å². The van der Waals surface area contributed by atoms with E-state index in [0.29, 0.717) is 57.3 Å². The Morgan fingerprint density at radius 3 is 2.62 bits per heavy atom. The van der Waals surface area contributed by atoms with Crippen LogP contribution < -0.4 is 10.3 Å². The first-order valence-electron chi connectivity index (χ1n) is 12.5. The Balaban J connectivity index is 1.51. The lowest BCUT2D eigenvalue weighted by atomic mass is 9.96. The summed E-state index contributed by atoms with van der Waals surface area (Å²) in [4.78, 5) is 28.9. The van der Waals surface area contributed by atoms with Gasteiger partial charge in [0.05, 0.1) is 36.6 Å². The number of benzene rings is 2. The van der Waals surface area contributed by atoms with E-state index in [4.69, 9.17) is 21.1 Å². The smallest absolute Gasteiger partial charge is 0.268 e. The molecule has 3 aromatic heterocycles. The third-order valence-electron chi connectivity index (χ3n) is 6.91. The van der Waals surface area contributed by atoms with Gasteiger partial charge in [0.2, 0.25) is 5.78 Å². The van der Waals surface area contributed by atoms with Crippen molar-refractivity contribution in [1.29, 1.82) is 0 Å². The first-order valence-corrected chi connectivity index (χ1v) is 14.7. The number of thioether (sulfide) groups is 1. The number of hydrogen-bond acceptors (Lipinski definition) is 8. The minimum atomic E-state index is -0.147. The molecule has 8 nitrogen and oxygen atoms in total. The van der Waals surface area contributed by atoms with Gasteiger partial charge in [-0.2, -0.15) is 0 Å². The summed E-state index contributed by atoms with van der Waals surface area (Å²) < 4.78 is 14.9. The SMILES string of the molecule is COc1ccc(-n2c(=O)c3c4c(sc3n3c(SCC(=O)c5ccc(Cl)cc5)nnc23)COC(C(C)C)C4)cc1. The van der Waals surface area contributed by atoms with Gasteiger partial charge in [-0.25, -0.2) is 8.97 Å².